The van der Waals surface area contributed by atoms with Gasteiger partial charge in [-0.3, -0.25) is 9.78 Å². The fraction of sp³-hybridized carbons (Fsp3) is 0.222. The number of halogens is 2. The number of nitrogens with zero attached hydrogens (tertiary/aromatic N) is 4. The van der Waals surface area contributed by atoms with Gasteiger partial charge in [-0.2, -0.15) is 0 Å². The van der Waals surface area contributed by atoms with Crippen LogP contribution in [-0.2, 0) is 11.3 Å². The van der Waals surface area contributed by atoms with Crippen molar-refractivity contribution in [3.05, 3.63) is 54.4 Å². The zero-order chi connectivity index (χ0) is 19.4. The molecule has 1 amide bonds. The first kappa shape index (κ1) is 19.0. The highest BCUT2D eigenvalue weighted by Crippen LogP contribution is 2.27. The molecule has 1 atom stereocenters. The number of thioether (sulfide) groups is 1. The number of benzene rings is 1. The summed E-state index contributed by atoms with van der Waals surface area (Å²) >= 11 is 1.21. The molecular formula is C18H17F2N5OS. The average molecular weight is 389 g/mol. The molecule has 0 spiro atoms. The van der Waals surface area contributed by atoms with Gasteiger partial charge in [0.15, 0.2) is 11.0 Å². The zero-order valence-electron chi connectivity index (χ0n) is 14.7. The quantitative estimate of drug-likeness (QED) is 0.650. The minimum atomic E-state index is -0.823. The molecule has 0 fully saturated rings. The number of nitrogens with one attached hydrogen (secondary N) is 1. The first-order valence-electron chi connectivity index (χ1n) is 8.25. The third-order valence-electron chi connectivity index (χ3n) is 3.79. The molecule has 0 aliphatic carbocycles. The molecule has 0 aliphatic heterocycles. The van der Waals surface area contributed by atoms with E-state index in [0.29, 0.717) is 17.5 Å². The number of rotatable bonds is 6. The van der Waals surface area contributed by atoms with Crippen LogP contribution in [-0.4, -0.2) is 30.9 Å². The fourth-order valence-corrected chi connectivity index (χ4v) is 3.32. The largest absolute Gasteiger partial charge is 0.323 e. The number of hydrogen-bond donors (Lipinski definition) is 1. The molecule has 1 unspecified atom stereocenters. The van der Waals surface area contributed by atoms with Crippen molar-refractivity contribution in [2.24, 2.45) is 0 Å². The molecule has 2 heterocycles. The minimum absolute atomic E-state index is 0.0677. The lowest BCUT2D eigenvalue weighted by atomic mass is 10.3. The van der Waals surface area contributed by atoms with Crippen LogP contribution in [0.1, 0.15) is 13.8 Å². The number of anilines is 1. The average Bonchev–Trinajstić information content (AvgIpc) is 3.07. The summed E-state index contributed by atoms with van der Waals surface area (Å²) in [5.41, 5.74) is 0.756. The number of amides is 1. The summed E-state index contributed by atoms with van der Waals surface area (Å²) in [6.45, 7) is 4.24. The summed E-state index contributed by atoms with van der Waals surface area (Å²) in [7, 11) is 0. The third-order valence-corrected chi connectivity index (χ3v) is 4.87. The van der Waals surface area contributed by atoms with Crippen molar-refractivity contribution in [1.82, 2.24) is 19.7 Å². The Kier molecular flexibility index (Phi) is 5.80. The van der Waals surface area contributed by atoms with E-state index in [1.165, 1.54) is 17.8 Å². The van der Waals surface area contributed by atoms with Crippen molar-refractivity contribution < 1.29 is 13.6 Å². The Morgan fingerprint density at radius 2 is 2.11 bits per heavy atom. The van der Waals surface area contributed by atoms with Gasteiger partial charge in [-0.15, -0.1) is 10.2 Å². The van der Waals surface area contributed by atoms with E-state index >= 15 is 0 Å². The van der Waals surface area contributed by atoms with Crippen LogP contribution in [0.3, 0.4) is 0 Å². The molecule has 3 rings (SSSR count). The van der Waals surface area contributed by atoms with Gasteiger partial charge in [-0.05, 0) is 38.1 Å². The van der Waals surface area contributed by atoms with Crippen molar-refractivity contribution in [3.63, 3.8) is 0 Å². The molecule has 0 saturated carbocycles. The lowest BCUT2D eigenvalue weighted by Crippen LogP contribution is -2.23. The highest BCUT2D eigenvalue weighted by atomic mass is 32.2. The van der Waals surface area contributed by atoms with Crippen molar-refractivity contribution in [3.8, 4) is 11.4 Å². The smallest absolute Gasteiger partial charge is 0.237 e. The maximum atomic E-state index is 13.7. The SMILES string of the molecule is CCn1c(SC(C)C(=O)Nc2ccc(F)cc2F)nnc1-c1cccnc1. The Morgan fingerprint density at radius 3 is 2.78 bits per heavy atom. The van der Waals surface area contributed by atoms with Crippen molar-refractivity contribution >= 4 is 23.4 Å². The maximum Gasteiger partial charge on any atom is 0.237 e. The van der Waals surface area contributed by atoms with Gasteiger partial charge in [0.2, 0.25) is 5.91 Å². The lowest BCUT2D eigenvalue weighted by Gasteiger charge is -2.13. The van der Waals surface area contributed by atoms with E-state index in [0.717, 1.165) is 17.7 Å². The van der Waals surface area contributed by atoms with Gasteiger partial charge >= 0.3 is 0 Å². The molecule has 140 valence electrons. The molecule has 2 aromatic heterocycles. The molecule has 27 heavy (non-hydrogen) atoms. The topological polar surface area (TPSA) is 72.7 Å². The molecule has 0 saturated heterocycles. The number of carbonyl (C=O) groups is 1. The fourth-order valence-electron chi connectivity index (χ4n) is 2.41. The van der Waals surface area contributed by atoms with Gasteiger partial charge in [0, 0.05) is 30.6 Å². The minimum Gasteiger partial charge on any atom is -0.323 e. The Morgan fingerprint density at radius 1 is 1.30 bits per heavy atom. The number of hydrogen-bond acceptors (Lipinski definition) is 5. The van der Waals surface area contributed by atoms with Gasteiger partial charge < -0.3 is 9.88 Å². The van der Waals surface area contributed by atoms with E-state index in [1.807, 2.05) is 23.6 Å². The monoisotopic (exact) mass is 389 g/mol. The molecular weight excluding hydrogens is 372 g/mol. The van der Waals surface area contributed by atoms with Crippen LogP contribution in [0.4, 0.5) is 14.5 Å². The Labute approximate surface area is 159 Å². The van der Waals surface area contributed by atoms with E-state index in [2.05, 4.69) is 20.5 Å². The van der Waals surface area contributed by atoms with Crippen molar-refractivity contribution in [2.45, 2.75) is 30.8 Å². The van der Waals surface area contributed by atoms with Gasteiger partial charge in [0.25, 0.3) is 0 Å². The van der Waals surface area contributed by atoms with Crippen molar-refractivity contribution in [2.75, 3.05) is 5.32 Å². The molecule has 0 radical (unpaired) electrons. The standard InChI is InChI=1S/C18H17F2N5OS/c1-3-25-16(12-5-4-8-21-10-12)23-24-18(25)27-11(2)17(26)22-15-7-6-13(19)9-14(15)20/h4-11H,3H2,1-2H3,(H,22,26). The van der Waals surface area contributed by atoms with Crippen LogP contribution in [0.5, 0.6) is 0 Å². The summed E-state index contributed by atoms with van der Waals surface area (Å²) in [5.74, 6) is -1.28. The first-order chi connectivity index (χ1) is 13.0. The van der Waals surface area contributed by atoms with Crippen LogP contribution < -0.4 is 5.32 Å². The van der Waals surface area contributed by atoms with Gasteiger partial charge in [0.05, 0.1) is 10.9 Å². The second kappa shape index (κ2) is 8.26. The third kappa shape index (κ3) is 4.30. The Balaban J connectivity index is 1.75. The number of aromatic nitrogens is 4. The highest BCUT2D eigenvalue weighted by molar-refractivity contribution is 8.00. The Hall–Kier alpha value is -2.81. The highest BCUT2D eigenvalue weighted by Gasteiger charge is 2.21. The van der Waals surface area contributed by atoms with Crippen LogP contribution >= 0.6 is 11.8 Å². The van der Waals surface area contributed by atoms with Gasteiger partial charge in [-0.1, -0.05) is 11.8 Å². The van der Waals surface area contributed by atoms with Crippen LogP contribution in [0.15, 0.2) is 47.9 Å². The van der Waals surface area contributed by atoms with E-state index in [-0.39, 0.29) is 5.69 Å². The number of pyridine rings is 1. The van der Waals surface area contributed by atoms with Crippen LogP contribution in [0, 0.1) is 11.6 Å². The van der Waals surface area contributed by atoms with Gasteiger partial charge in [-0.25, -0.2) is 8.78 Å². The van der Waals surface area contributed by atoms with Crippen LogP contribution in [0.25, 0.3) is 11.4 Å². The molecule has 0 aliphatic rings. The molecule has 3 aromatic rings. The first-order valence-corrected chi connectivity index (χ1v) is 9.13. The summed E-state index contributed by atoms with van der Waals surface area (Å²) in [5, 5.41) is 10.8. The number of carbonyl (C=O) groups excluding carboxylic acids is 1. The van der Waals surface area contributed by atoms with E-state index < -0.39 is 22.8 Å². The van der Waals surface area contributed by atoms with Crippen LogP contribution in [0.2, 0.25) is 0 Å². The summed E-state index contributed by atoms with van der Waals surface area (Å²) in [6.07, 6.45) is 3.37. The van der Waals surface area contributed by atoms with Crippen molar-refractivity contribution in [1.29, 1.82) is 0 Å². The molecule has 1 N–H and O–H groups in total. The zero-order valence-corrected chi connectivity index (χ0v) is 15.5. The normalized spacial score (nSPS) is 12.0. The van der Waals surface area contributed by atoms with E-state index in [4.69, 9.17) is 0 Å². The molecule has 9 heteroatoms. The predicted molar refractivity (Wildman–Crippen MR) is 99.2 cm³/mol. The lowest BCUT2D eigenvalue weighted by molar-refractivity contribution is -0.115. The second-order valence-corrected chi connectivity index (χ2v) is 6.97. The summed E-state index contributed by atoms with van der Waals surface area (Å²) < 4.78 is 28.6. The summed E-state index contributed by atoms with van der Waals surface area (Å²) in [4.78, 5) is 16.5. The molecule has 1 aromatic carbocycles. The molecule has 0 bridgehead atoms. The maximum absolute atomic E-state index is 13.7. The Bertz CT molecular complexity index is 948. The van der Waals surface area contributed by atoms with E-state index in [1.54, 1.807) is 19.3 Å². The predicted octanol–water partition coefficient (Wildman–Crippen LogP) is 3.76. The molecule has 6 nitrogen and oxygen atoms in total. The summed E-state index contributed by atoms with van der Waals surface area (Å²) in [6, 6.07) is 6.69. The van der Waals surface area contributed by atoms with E-state index in [9.17, 15) is 13.6 Å². The van der Waals surface area contributed by atoms with Gasteiger partial charge in [0.1, 0.15) is 11.6 Å². The second-order valence-electron chi connectivity index (χ2n) is 5.67.